The van der Waals surface area contributed by atoms with Crippen LogP contribution in [-0.4, -0.2) is 35.0 Å². The average molecular weight is 404 g/mol. The van der Waals surface area contributed by atoms with Gasteiger partial charge in [0.25, 0.3) is 0 Å². The maximum absolute atomic E-state index is 12.0. The fourth-order valence-electron chi connectivity index (χ4n) is 4.55. The number of benzene rings is 2. The van der Waals surface area contributed by atoms with Gasteiger partial charge >= 0.3 is 0 Å². The summed E-state index contributed by atoms with van der Waals surface area (Å²) in [5.41, 5.74) is 5.04. The van der Waals surface area contributed by atoms with Crippen molar-refractivity contribution >= 4 is 22.5 Å². The molecule has 1 aliphatic rings. The molecule has 4 nitrogen and oxygen atoms in total. The van der Waals surface area contributed by atoms with E-state index in [-0.39, 0.29) is 11.8 Å². The fraction of sp³-hybridized carbons (Fsp3) is 0.423. The van der Waals surface area contributed by atoms with Gasteiger partial charge in [0.05, 0.1) is 0 Å². The van der Waals surface area contributed by atoms with Crippen LogP contribution in [0.4, 0.5) is 5.69 Å². The van der Waals surface area contributed by atoms with E-state index in [1.807, 2.05) is 19.9 Å². The van der Waals surface area contributed by atoms with Gasteiger partial charge in [-0.05, 0) is 67.6 Å². The Hall–Kier alpha value is -2.59. The van der Waals surface area contributed by atoms with Crippen molar-refractivity contribution in [2.45, 2.75) is 39.0 Å². The predicted octanol–water partition coefficient (Wildman–Crippen LogP) is 5.19. The van der Waals surface area contributed by atoms with Crippen molar-refractivity contribution in [1.82, 2.24) is 9.47 Å². The quantitative estimate of drug-likeness (QED) is 0.615. The molecule has 1 fully saturated rings. The molecule has 0 saturated carbocycles. The maximum atomic E-state index is 12.0. The number of para-hydroxylation sites is 1. The van der Waals surface area contributed by atoms with Gasteiger partial charge in [0.2, 0.25) is 5.91 Å². The minimum absolute atomic E-state index is 0.00127. The molecule has 1 amide bonds. The summed E-state index contributed by atoms with van der Waals surface area (Å²) in [5, 5.41) is 4.42. The Morgan fingerprint density at radius 2 is 1.87 bits per heavy atom. The van der Waals surface area contributed by atoms with Gasteiger partial charge in [0.15, 0.2) is 0 Å². The second-order valence-corrected chi connectivity index (χ2v) is 8.92. The number of fused-ring (bicyclic) bond motifs is 1. The zero-order valence-electron chi connectivity index (χ0n) is 18.4. The fourth-order valence-corrected chi connectivity index (χ4v) is 4.55. The van der Waals surface area contributed by atoms with Gasteiger partial charge in [-0.1, -0.05) is 44.2 Å². The van der Waals surface area contributed by atoms with Gasteiger partial charge in [-0.3, -0.25) is 4.79 Å². The molecule has 0 unspecified atom stereocenters. The number of piperidine rings is 1. The van der Waals surface area contributed by atoms with E-state index in [2.05, 4.69) is 70.5 Å². The Morgan fingerprint density at radius 1 is 1.10 bits per heavy atom. The third kappa shape index (κ3) is 4.59. The number of aromatic nitrogens is 1. The normalized spacial score (nSPS) is 15.7. The molecule has 4 heteroatoms. The van der Waals surface area contributed by atoms with Crippen LogP contribution in [0.25, 0.3) is 10.9 Å². The lowest BCUT2D eigenvalue weighted by atomic mass is 9.89. The molecule has 0 bridgehead atoms. The van der Waals surface area contributed by atoms with Crippen LogP contribution in [0.3, 0.4) is 0 Å². The van der Waals surface area contributed by atoms with Gasteiger partial charge < -0.3 is 14.8 Å². The van der Waals surface area contributed by atoms with E-state index in [1.165, 1.54) is 34.9 Å². The SMILES string of the molecule is CC(C)C(=O)Nc1cccc(C2CCN(CCc3cn(C)c4ccccc34)CC2)c1. The largest absolute Gasteiger partial charge is 0.350 e. The molecule has 0 atom stereocenters. The van der Waals surface area contributed by atoms with E-state index in [0.717, 1.165) is 31.7 Å². The van der Waals surface area contributed by atoms with Gasteiger partial charge in [-0.25, -0.2) is 0 Å². The zero-order chi connectivity index (χ0) is 21.1. The Morgan fingerprint density at radius 3 is 2.63 bits per heavy atom. The number of amides is 1. The highest BCUT2D eigenvalue weighted by Crippen LogP contribution is 2.30. The lowest BCUT2D eigenvalue weighted by Gasteiger charge is -2.32. The Balaban J connectivity index is 1.32. The van der Waals surface area contributed by atoms with Crippen LogP contribution in [0.5, 0.6) is 0 Å². The van der Waals surface area contributed by atoms with E-state index in [4.69, 9.17) is 0 Å². The summed E-state index contributed by atoms with van der Waals surface area (Å²) in [6, 6.07) is 17.1. The average Bonchev–Trinajstić information content (AvgIpc) is 3.09. The molecule has 158 valence electrons. The van der Waals surface area contributed by atoms with Crippen molar-refractivity contribution in [3.05, 3.63) is 65.9 Å². The highest BCUT2D eigenvalue weighted by Gasteiger charge is 2.21. The van der Waals surface area contributed by atoms with Gasteiger partial charge in [0, 0.05) is 42.3 Å². The number of likely N-dealkylation sites (tertiary alicyclic amines) is 1. The molecule has 1 aromatic heterocycles. The second-order valence-electron chi connectivity index (χ2n) is 8.92. The molecule has 1 saturated heterocycles. The highest BCUT2D eigenvalue weighted by atomic mass is 16.1. The van der Waals surface area contributed by atoms with Crippen LogP contribution in [0, 0.1) is 5.92 Å². The summed E-state index contributed by atoms with van der Waals surface area (Å²) in [6.45, 7) is 7.24. The second kappa shape index (κ2) is 9.05. The van der Waals surface area contributed by atoms with Crippen molar-refractivity contribution in [3.63, 3.8) is 0 Å². The number of carbonyl (C=O) groups excluding carboxylic acids is 1. The van der Waals surface area contributed by atoms with Gasteiger partial charge in [0.1, 0.15) is 0 Å². The zero-order valence-corrected chi connectivity index (χ0v) is 18.4. The standard InChI is InChI=1S/C26H33N3O/c1-19(2)26(30)27-23-8-6-7-21(17-23)20-11-14-29(15-12-20)16-13-22-18-28(3)25-10-5-4-9-24(22)25/h4-10,17-20H,11-16H2,1-3H3,(H,27,30). The van der Waals surface area contributed by atoms with E-state index in [0.29, 0.717) is 5.92 Å². The van der Waals surface area contributed by atoms with Crippen LogP contribution in [-0.2, 0) is 18.3 Å². The third-order valence-electron chi connectivity index (χ3n) is 6.41. The Labute approximate surface area is 179 Å². The van der Waals surface area contributed by atoms with Crippen LogP contribution in [0.2, 0.25) is 0 Å². The molecule has 0 aliphatic carbocycles. The van der Waals surface area contributed by atoms with E-state index in [1.54, 1.807) is 0 Å². The number of hydrogen-bond acceptors (Lipinski definition) is 2. The van der Waals surface area contributed by atoms with Crippen LogP contribution < -0.4 is 5.32 Å². The molecule has 1 aliphatic heterocycles. The van der Waals surface area contributed by atoms with Crippen molar-refractivity contribution in [2.24, 2.45) is 13.0 Å². The molecule has 2 heterocycles. The number of carbonyl (C=O) groups is 1. The first kappa shape index (κ1) is 20.7. The first-order valence-corrected chi connectivity index (χ1v) is 11.2. The number of aryl methyl sites for hydroxylation is 1. The van der Waals surface area contributed by atoms with Crippen molar-refractivity contribution in [2.75, 3.05) is 25.0 Å². The minimum atomic E-state index is -0.00127. The van der Waals surface area contributed by atoms with E-state index in [9.17, 15) is 4.79 Å². The molecule has 4 rings (SSSR count). The van der Waals surface area contributed by atoms with Crippen LogP contribution in [0.1, 0.15) is 43.7 Å². The molecule has 3 aromatic rings. The molecular formula is C26H33N3O. The van der Waals surface area contributed by atoms with E-state index < -0.39 is 0 Å². The minimum Gasteiger partial charge on any atom is -0.350 e. The Bertz CT molecular complexity index is 1010. The number of rotatable bonds is 6. The molecule has 2 aromatic carbocycles. The maximum Gasteiger partial charge on any atom is 0.226 e. The van der Waals surface area contributed by atoms with Crippen molar-refractivity contribution < 1.29 is 4.79 Å². The predicted molar refractivity (Wildman–Crippen MR) is 125 cm³/mol. The summed E-state index contributed by atoms with van der Waals surface area (Å²) in [6.07, 6.45) is 5.74. The molecule has 30 heavy (non-hydrogen) atoms. The van der Waals surface area contributed by atoms with Crippen molar-refractivity contribution in [1.29, 1.82) is 0 Å². The summed E-state index contributed by atoms with van der Waals surface area (Å²) in [4.78, 5) is 14.6. The lowest BCUT2D eigenvalue weighted by Crippen LogP contribution is -2.34. The van der Waals surface area contributed by atoms with Crippen molar-refractivity contribution in [3.8, 4) is 0 Å². The molecule has 0 spiro atoms. The first-order valence-electron chi connectivity index (χ1n) is 11.2. The van der Waals surface area contributed by atoms with Gasteiger partial charge in [-0.15, -0.1) is 0 Å². The highest BCUT2D eigenvalue weighted by molar-refractivity contribution is 5.92. The topological polar surface area (TPSA) is 37.3 Å². The molecule has 1 N–H and O–H groups in total. The van der Waals surface area contributed by atoms with Crippen LogP contribution >= 0.6 is 0 Å². The number of hydrogen-bond donors (Lipinski definition) is 1. The molecule has 0 radical (unpaired) electrons. The first-order chi connectivity index (χ1) is 14.5. The van der Waals surface area contributed by atoms with Crippen LogP contribution in [0.15, 0.2) is 54.7 Å². The number of nitrogens with one attached hydrogen (secondary N) is 1. The third-order valence-corrected chi connectivity index (χ3v) is 6.41. The monoisotopic (exact) mass is 403 g/mol. The summed E-state index contributed by atoms with van der Waals surface area (Å²) in [7, 11) is 2.13. The summed E-state index contributed by atoms with van der Waals surface area (Å²) in [5.74, 6) is 0.656. The smallest absolute Gasteiger partial charge is 0.226 e. The summed E-state index contributed by atoms with van der Waals surface area (Å²) >= 11 is 0. The Kier molecular flexibility index (Phi) is 6.24. The summed E-state index contributed by atoms with van der Waals surface area (Å²) < 4.78 is 2.24. The number of anilines is 1. The number of nitrogens with zero attached hydrogens (tertiary/aromatic N) is 2. The lowest BCUT2D eigenvalue weighted by molar-refractivity contribution is -0.118. The van der Waals surface area contributed by atoms with Gasteiger partial charge in [-0.2, -0.15) is 0 Å². The van der Waals surface area contributed by atoms with E-state index >= 15 is 0 Å². The molecular weight excluding hydrogens is 370 g/mol.